The lowest BCUT2D eigenvalue weighted by Crippen LogP contribution is -2.34. The van der Waals surface area contributed by atoms with Crippen LogP contribution in [0.4, 0.5) is 0 Å². The van der Waals surface area contributed by atoms with Crippen molar-refractivity contribution in [2.24, 2.45) is 5.92 Å². The van der Waals surface area contributed by atoms with Gasteiger partial charge in [0.2, 0.25) is 0 Å². The van der Waals surface area contributed by atoms with E-state index >= 15 is 0 Å². The van der Waals surface area contributed by atoms with Gasteiger partial charge >= 0.3 is 5.97 Å². The van der Waals surface area contributed by atoms with Crippen molar-refractivity contribution < 1.29 is 24.2 Å². The maximum atomic E-state index is 12.2. The fourth-order valence-electron chi connectivity index (χ4n) is 2.38. The number of carbonyl (C=O) groups excluding carboxylic acids is 2. The van der Waals surface area contributed by atoms with Crippen LogP contribution < -0.4 is 10.1 Å². The molecule has 0 heterocycles. The van der Waals surface area contributed by atoms with Crippen molar-refractivity contribution in [3.05, 3.63) is 59.7 Å². The van der Waals surface area contributed by atoms with Crippen LogP contribution in [0.2, 0.25) is 0 Å². The van der Waals surface area contributed by atoms with E-state index in [1.165, 1.54) is 7.11 Å². The number of amides is 1. The molecule has 0 unspecified atom stereocenters. The van der Waals surface area contributed by atoms with E-state index in [0.29, 0.717) is 17.7 Å². The summed E-state index contributed by atoms with van der Waals surface area (Å²) in [5, 5.41) is 12.1. The molecule has 0 aliphatic heterocycles. The summed E-state index contributed by atoms with van der Waals surface area (Å²) in [7, 11) is 2.87. The molecule has 0 bridgehead atoms. The highest BCUT2D eigenvalue weighted by Crippen LogP contribution is 2.15. The van der Waals surface area contributed by atoms with Crippen molar-refractivity contribution in [2.45, 2.75) is 6.42 Å². The molecule has 0 aliphatic rings. The highest BCUT2D eigenvalue weighted by atomic mass is 16.5. The monoisotopic (exact) mass is 343 g/mol. The first-order chi connectivity index (χ1) is 12.0. The van der Waals surface area contributed by atoms with Crippen LogP contribution in [-0.4, -0.2) is 37.7 Å². The van der Waals surface area contributed by atoms with Crippen molar-refractivity contribution in [3.63, 3.8) is 0 Å². The van der Waals surface area contributed by atoms with E-state index in [1.54, 1.807) is 55.6 Å². The van der Waals surface area contributed by atoms with Crippen molar-refractivity contribution in [3.8, 4) is 11.5 Å². The number of phenolic OH excluding ortho intramolecular Hbond substituents is 1. The van der Waals surface area contributed by atoms with Gasteiger partial charge in [0.25, 0.3) is 5.91 Å². The number of phenols is 1. The Balaban J connectivity index is 2.00. The first-order valence-corrected chi connectivity index (χ1v) is 7.81. The lowest BCUT2D eigenvalue weighted by Gasteiger charge is -2.16. The molecule has 0 aliphatic carbocycles. The highest BCUT2D eigenvalue weighted by Gasteiger charge is 2.21. The Morgan fingerprint density at radius 3 is 2.24 bits per heavy atom. The number of nitrogens with one attached hydrogen (secondary N) is 1. The third-order valence-electron chi connectivity index (χ3n) is 3.81. The van der Waals surface area contributed by atoms with Crippen LogP contribution in [0.1, 0.15) is 15.9 Å². The van der Waals surface area contributed by atoms with Crippen LogP contribution in [0.5, 0.6) is 11.5 Å². The van der Waals surface area contributed by atoms with E-state index in [1.807, 2.05) is 0 Å². The van der Waals surface area contributed by atoms with E-state index in [0.717, 1.165) is 5.56 Å². The number of carbonyl (C=O) groups is 2. The number of ether oxygens (including phenoxy) is 2. The number of hydrogen-bond donors (Lipinski definition) is 2. The number of aromatic hydroxyl groups is 1. The largest absolute Gasteiger partial charge is 0.508 e. The lowest BCUT2D eigenvalue weighted by molar-refractivity contribution is -0.145. The third-order valence-corrected chi connectivity index (χ3v) is 3.81. The minimum Gasteiger partial charge on any atom is -0.508 e. The molecule has 0 fully saturated rings. The van der Waals surface area contributed by atoms with E-state index in [-0.39, 0.29) is 18.2 Å². The fraction of sp³-hybridized carbons (Fsp3) is 0.263. The Labute approximate surface area is 146 Å². The second-order valence-electron chi connectivity index (χ2n) is 5.53. The summed E-state index contributed by atoms with van der Waals surface area (Å²) in [5.41, 5.74) is 1.35. The Bertz CT molecular complexity index is 710. The fourth-order valence-corrected chi connectivity index (χ4v) is 2.38. The van der Waals surface area contributed by atoms with Crippen LogP contribution in [0, 0.1) is 5.92 Å². The molecule has 2 N–H and O–H groups in total. The first-order valence-electron chi connectivity index (χ1n) is 7.81. The molecule has 6 heteroatoms. The van der Waals surface area contributed by atoms with Gasteiger partial charge < -0.3 is 19.9 Å². The molecular formula is C19H21NO5. The van der Waals surface area contributed by atoms with Crippen LogP contribution in [0.15, 0.2) is 48.5 Å². The Hall–Kier alpha value is -3.02. The predicted octanol–water partition coefficient (Wildman–Crippen LogP) is 2.16. The van der Waals surface area contributed by atoms with Gasteiger partial charge in [-0.15, -0.1) is 0 Å². The number of methoxy groups -OCH3 is 2. The Morgan fingerprint density at radius 2 is 1.68 bits per heavy atom. The Morgan fingerprint density at radius 1 is 1.04 bits per heavy atom. The second-order valence-corrected chi connectivity index (χ2v) is 5.53. The molecule has 2 aromatic rings. The molecule has 132 valence electrons. The van der Waals surface area contributed by atoms with Crippen molar-refractivity contribution >= 4 is 11.9 Å². The third kappa shape index (κ3) is 5.24. The number of esters is 1. The number of rotatable bonds is 7. The molecular weight excluding hydrogens is 322 g/mol. The van der Waals surface area contributed by atoms with E-state index in [4.69, 9.17) is 9.47 Å². The van der Waals surface area contributed by atoms with Crippen LogP contribution in [0.25, 0.3) is 0 Å². The average molecular weight is 343 g/mol. The molecule has 2 rings (SSSR count). The first kappa shape index (κ1) is 18.3. The van der Waals surface area contributed by atoms with E-state index < -0.39 is 11.9 Å². The average Bonchev–Trinajstić information content (AvgIpc) is 2.65. The molecule has 25 heavy (non-hydrogen) atoms. The van der Waals surface area contributed by atoms with Crippen LogP contribution in [0.3, 0.4) is 0 Å². The number of hydrogen-bond acceptors (Lipinski definition) is 5. The van der Waals surface area contributed by atoms with Crippen LogP contribution in [-0.2, 0) is 16.0 Å². The summed E-state index contributed by atoms with van der Waals surface area (Å²) in [4.78, 5) is 24.2. The molecule has 0 spiro atoms. The Kier molecular flexibility index (Phi) is 6.39. The zero-order valence-electron chi connectivity index (χ0n) is 14.2. The van der Waals surface area contributed by atoms with Crippen molar-refractivity contribution in [2.75, 3.05) is 20.8 Å². The van der Waals surface area contributed by atoms with Gasteiger partial charge in [0, 0.05) is 12.1 Å². The SMILES string of the molecule is COC(=O)[C@@H](CNC(=O)c1ccc(OC)cc1)Cc1ccc(O)cc1. The quantitative estimate of drug-likeness (QED) is 0.753. The van der Waals surface area contributed by atoms with Gasteiger partial charge in [0.15, 0.2) is 0 Å². The summed E-state index contributed by atoms with van der Waals surface area (Å²) in [6, 6.07) is 13.3. The van der Waals surface area contributed by atoms with Gasteiger partial charge in [-0.05, 0) is 48.4 Å². The van der Waals surface area contributed by atoms with Gasteiger partial charge in [0.1, 0.15) is 11.5 Å². The van der Waals surface area contributed by atoms with Gasteiger partial charge in [-0.3, -0.25) is 9.59 Å². The van der Waals surface area contributed by atoms with Gasteiger partial charge in [0.05, 0.1) is 20.1 Å². The van der Waals surface area contributed by atoms with E-state index in [9.17, 15) is 14.7 Å². The van der Waals surface area contributed by atoms with Crippen molar-refractivity contribution in [1.82, 2.24) is 5.32 Å². The summed E-state index contributed by atoms with van der Waals surface area (Å²) in [5.74, 6) is -0.371. The maximum absolute atomic E-state index is 12.2. The summed E-state index contributed by atoms with van der Waals surface area (Å²) in [6.45, 7) is 0.151. The highest BCUT2D eigenvalue weighted by molar-refractivity contribution is 5.94. The molecule has 0 aromatic heterocycles. The van der Waals surface area contributed by atoms with Gasteiger partial charge in [-0.1, -0.05) is 12.1 Å². The summed E-state index contributed by atoms with van der Waals surface area (Å²) >= 11 is 0. The molecule has 0 saturated heterocycles. The smallest absolute Gasteiger partial charge is 0.310 e. The summed E-state index contributed by atoms with van der Waals surface area (Å²) in [6.07, 6.45) is 0.399. The molecule has 1 atom stereocenters. The molecule has 0 saturated carbocycles. The molecule has 1 amide bonds. The topological polar surface area (TPSA) is 84.9 Å². The van der Waals surface area contributed by atoms with E-state index in [2.05, 4.69) is 5.32 Å². The normalized spacial score (nSPS) is 11.4. The predicted molar refractivity (Wildman–Crippen MR) is 92.6 cm³/mol. The minimum absolute atomic E-state index is 0.151. The van der Waals surface area contributed by atoms with Gasteiger partial charge in [-0.2, -0.15) is 0 Å². The zero-order chi connectivity index (χ0) is 18.2. The number of benzene rings is 2. The zero-order valence-corrected chi connectivity index (χ0v) is 14.2. The molecule has 0 radical (unpaired) electrons. The minimum atomic E-state index is -0.517. The standard InChI is InChI=1S/C19H21NO5/c1-24-17-9-5-14(6-10-17)18(22)20-12-15(19(23)25-2)11-13-3-7-16(21)8-4-13/h3-10,15,21H,11-12H2,1-2H3,(H,20,22)/t15-/m1/s1. The van der Waals surface area contributed by atoms with Gasteiger partial charge in [-0.25, -0.2) is 0 Å². The van der Waals surface area contributed by atoms with Crippen LogP contribution >= 0.6 is 0 Å². The molecule has 2 aromatic carbocycles. The second kappa shape index (κ2) is 8.73. The molecule has 6 nitrogen and oxygen atoms in total. The lowest BCUT2D eigenvalue weighted by atomic mass is 9.99. The summed E-state index contributed by atoms with van der Waals surface area (Å²) < 4.78 is 9.88. The van der Waals surface area contributed by atoms with Crippen molar-refractivity contribution in [1.29, 1.82) is 0 Å². The maximum Gasteiger partial charge on any atom is 0.310 e.